The second-order valence-electron chi connectivity index (χ2n) is 5.92. The molecule has 3 rings (SSSR count). The van der Waals surface area contributed by atoms with Gasteiger partial charge in [0.25, 0.3) is 5.91 Å². The summed E-state index contributed by atoms with van der Waals surface area (Å²) >= 11 is 5.95. The topological polar surface area (TPSA) is 40.6 Å². The van der Waals surface area contributed by atoms with Crippen molar-refractivity contribution in [1.29, 1.82) is 0 Å². The Kier molecular flexibility index (Phi) is 3.66. The molecule has 2 heterocycles. The highest BCUT2D eigenvalue weighted by atomic mass is 35.5. The van der Waals surface area contributed by atoms with Gasteiger partial charge >= 0.3 is 0 Å². The van der Waals surface area contributed by atoms with Crippen molar-refractivity contribution in [3.63, 3.8) is 0 Å². The lowest BCUT2D eigenvalue weighted by Gasteiger charge is -2.41. The van der Waals surface area contributed by atoms with Crippen LogP contribution in [0.1, 0.15) is 35.7 Å². The van der Waals surface area contributed by atoms with Gasteiger partial charge in [0.05, 0.1) is 0 Å². The number of amides is 2. The molecule has 4 nitrogen and oxygen atoms in total. The van der Waals surface area contributed by atoms with Gasteiger partial charge in [-0.25, -0.2) is 0 Å². The van der Waals surface area contributed by atoms with E-state index in [1.54, 1.807) is 23.1 Å². The molecule has 2 aliphatic heterocycles. The number of carbonyl (C=O) groups excluding carboxylic acids is 2. The van der Waals surface area contributed by atoms with Crippen molar-refractivity contribution >= 4 is 23.4 Å². The van der Waals surface area contributed by atoms with Crippen LogP contribution in [0.15, 0.2) is 18.2 Å². The van der Waals surface area contributed by atoms with Crippen LogP contribution in [0, 0.1) is 6.92 Å². The van der Waals surface area contributed by atoms with Gasteiger partial charge in [-0.3, -0.25) is 9.59 Å². The molecule has 0 bridgehead atoms. The van der Waals surface area contributed by atoms with Crippen LogP contribution in [-0.2, 0) is 4.79 Å². The Labute approximate surface area is 129 Å². The van der Waals surface area contributed by atoms with Crippen LogP contribution in [0.25, 0.3) is 0 Å². The first-order valence-corrected chi connectivity index (χ1v) is 7.74. The normalized spacial score (nSPS) is 25.2. The van der Waals surface area contributed by atoms with Gasteiger partial charge in [0.1, 0.15) is 6.04 Å². The molecule has 0 aromatic heterocycles. The average molecular weight is 307 g/mol. The van der Waals surface area contributed by atoms with Gasteiger partial charge in [-0.1, -0.05) is 11.6 Å². The fraction of sp³-hybridized carbons (Fsp3) is 0.500. The average Bonchev–Trinajstić information content (AvgIpc) is 2.90. The third-order valence-electron chi connectivity index (χ3n) is 4.57. The second-order valence-corrected chi connectivity index (χ2v) is 6.36. The lowest BCUT2D eigenvalue weighted by atomic mass is 10.0. The predicted octanol–water partition coefficient (Wildman–Crippen LogP) is 2.48. The van der Waals surface area contributed by atoms with Gasteiger partial charge in [-0.15, -0.1) is 0 Å². The lowest BCUT2D eigenvalue weighted by Crippen LogP contribution is -2.60. The molecule has 2 aliphatic rings. The molecule has 0 spiro atoms. The summed E-state index contributed by atoms with van der Waals surface area (Å²) in [7, 11) is 0. The van der Waals surface area contributed by atoms with Gasteiger partial charge in [0.15, 0.2) is 0 Å². The Morgan fingerprint density at radius 2 is 2.14 bits per heavy atom. The molecule has 0 saturated carbocycles. The van der Waals surface area contributed by atoms with Crippen LogP contribution in [0.4, 0.5) is 0 Å². The van der Waals surface area contributed by atoms with Crippen molar-refractivity contribution < 1.29 is 9.59 Å². The first-order chi connectivity index (χ1) is 9.99. The number of carbonyl (C=O) groups is 2. The summed E-state index contributed by atoms with van der Waals surface area (Å²) in [5.74, 6) is 0.000262. The Morgan fingerprint density at radius 3 is 2.86 bits per heavy atom. The molecule has 0 N–H and O–H groups in total. The molecule has 21 heavy (non-hydrogen) atoms. The standard InChI is InChI=1S/C16H19ClN2O2/c1-10-8-12(17)5-6-14(10)16(21)19-9-13-4-3-7-18(13)15(20)11(19)2/h5-6,8,11,13H,3-4,7,9H2,1-2H3/t11-,13+/m0/s1. The van der Waals surface area contributed by atoms with Crippen molar-refractivity contribution in [1.82, 2.24) is 9.80 Å². The number of halogens is 1. The maximum Gasteiger partial charge on any atom is 0.254 e. The minimum absolute atomic E-state index is 0.0726. The molecular weight excluding hydrogens is 288 g/mol. The third kappa shape index (κ3) is 2.42. The molecule has 0 radical (unpaired) electrons. The third-order valence-corrected chi connectivity index (χ3v) is 4.81. The van der Waals surface area contributed by atoms with E-state index in [9.17, 15) is 9.59 Å². The molecule has 1 aromatic carbocycles. The molecule has 2 saturated heterocycles. The van der Waals surface area contributed by atoms with Gasteiger partial charge in [0, 0.05) is 29.7 Å². The van der Waals surface area contributed by atoms with E-state index < -0.39 is 0 Å². The maximum atomic E-state index is 12.8. The zero-order chi connectivity index (χ0) is 15.1. The number of nitrogens with zero attached hydrogens (tertiary/aromatic N) is 2. The van der Waals surface area contributed by atoms with Crippen molar-refractivity contribution in [2.75, 3.05) is 13.1 Å². The van der Waals surface area contributed by atoms with Gasteiger partial charge in [0.2, 0.25) is 5.91 Å². The minimum Gasteiger partial charge on any atom is -0.336 e. The summed E-state index contributed by atoms with van der Waals surface area (Å²) < 4.78 is 0. The van der Waals surface area contributed by atoms with Crippen LogP contribution in [-0.4, -0.2) is 46.8 Å². The number of fused-ring (bicyclic) bond motifs is 1. The fourth-order valence-corrected chi connectivity index (χ4v) is 3.58. The summed E-state index contributed by atoms with van der Waals surface area (Å²) in [6.45, 7) is 5.15. The zero-order valence-electron chi connectivity index (χ0n) is 12.3. The molecule has 112 valence electrons. The van der Waals surface area contributed by atoms with E-state index >= 15 is 0 Å². The summed E-state index contributed by atoms with van der Waals surface area (Å²) in [5, 5.41) is 0.619. The zero-order valence-corrected chi connectivity index (χ0v) is 13.1. The smallest absolute Gasteiger partial charge is 0.254 e. The fourth-order valence-electron chi connectivity index (χ4n) is 3.35. The Bertz CT molecular complexity index is 602. The summed E-state index contributed by atoms with van der Waals surface area (Å²) in [6, 6.07) is 5.05. The molecular formula is C16H19ClN2O2. The number of hydrogen-bond acceptors (Lipinski definition) is 2. The Morgan fingerprint density at radius 1 is 1.38 bits per heavy atom. The van der Waals surface area contributed by atoms with Crippen LogP contribution < -0.4 is 0 Å². The minimum atomic E-state index is -0.387. The highest BCUT2D eigenvalue weighted by Gasteiger charge is 2.42. The second kappa shape index (κ2) is 5.34. The SMILES string of the molecule is Cc1cc(Cl)ccc1C(=O)N1C[C@H]2CCCN2C(=O)[C@@H]1C. The van der Waals surface area contributed by atoms with E-state index in [0.29, 0.717) is 17.1 Å². The van der Waals surface area contributed by atoms with E-state index in [1.165, 1.54) is 0 Å². The summed E-state index contributed by atoms with van der Waals surface area (Å²) in [4.78, 5) is 28.8. The van der Waals surface area contributed by atoms with Crippen LogP contribution in [0.3, 0.4) is 0 Å². The predicted molar refractivity (Wildman–Crippen MR) is 81.4 cm³/mol. The molecule has 1 aromatic rings. The lowest BCUT2D eigenvalue weighted by molar-refractivity contribution is -0.141. The molecule has 2 amide bonds. The largest absolute Gasteiger partial charge is 0.336 e. The molecule has 2 atom stereocenters. The monoisotopic (exact) mass is 306 g/mol. The van der Waals surface area contributed by atoms with Crippen molar-refractivity contribution in [2.45, 2.75) is 38.8 Å². The maximum absolute atomic E-state index is 12.8. The quantitative estimate of drug-likeness (QED) is 0.800. The van der Waals surface area contributed by atoms with Crippen molar-refractivity contribution in [3.05, 3.63) is 34.3 Å². The number of rotatable bonds is 1. The first kappa shape index (κ1) is 14.4. The highest BCUT2D eigenvalue weighted by Crippen LogP contribution is 2.27. The molecule has 2 fully saturated rings. The van der Waals surface area contributed by atoms with Gasteiger partial charge in [-0.2, -0.15) is 0 Å². The number of benzene rings is 1. The summed E-state index contributed by atoms with van der Waals surface area (Å²) in [6.07, 6.45) is 2.02. The molecule has 0 unspecified atom stereocenters. The van der Waals surface area contributed by atoms with E-state index in [-0.39, 0.29) is 23.9 Å². The van der Waals surface area contributed by atoms with Crippen molar-refractivity contribution in [2.24, 2.45) is 0 Å². The highest BCUT2D eigenvalue weighted by molar-refractivity contribution is 6.30. The first-order valence-electron chi connectivity index (χ1n) is 7.36. The Balaban J connectivity index is 1.88. The van der Waals surface area contributed by atoms with Gasteiger partial charge in [-0.05, 0) is 50.5 Å². The molecule has 5 heteroatoms. The van der Waals surface area contributed by atoms with Crippen molar-refractivity contribution in [3.8, 4) is 0 Å². The number of aryl methyl sites for hydroxylation is 1. The van der Waals surface area contributed by atoms with Crippen LogP contribution in [0.2, 0.25) is 5.02 Å². The summed E-state index contributed by atoms with van der Waals surface area (Å²) in [5.41, 5.74) is 1.48. The Hall–Kier alpha value is -1.55. The van der Waals surface area contributed by atoms with Crippen LogP contribution >= 0.6 is 11.6 Å². The van der Waals surface area contributed by atoms with E-state index in [1.807, 2.05) is 18.7 Å². The van der Waals surface area contributed by atoms with E-state index in [0.717, 1.165) is 24.9 Å². The van der Waals surface area contributed by atoms with E-state index in [2.05, 4.69) is 0 Å². The number of piperazine rings is 1. The van der Waals surface area contributed by atoms with Crippen LogP contribution in [0.5, 0.6) is 0 Å². The van der Waals surface area contributed by atoms with Gasteiger partial charge < -0.3 is 9.80 Å². The van der Waals surface area contributed by atoms with E-state index in [4.69, 9.17) is 11.6 Å². The number of hydrogen-bond donors (Lipinski definition) is 0. The molecule has 0 aliphatic carbocycles.